The molecule has 0 saturated heterocycles. The lowest BCUT2D eigenvalue weighted by atomic mass is 9.93. The van der Waals surface area contributed by atoms with Crippen molar-refractivity contribution in [2.24, 2.45) is 0 Å². The fraction of sp³-hybridized carbons (Fsp3) is 0.262. The van der Waals surface area contributed by atoms with Crippen LogP contribution in [0.3, 0.4) is 0 Å². The summed E-state index contributed by atoms with van der Waals surface area (Å²) in [7, 11) is 1.19. The van der Waals surface area contributed by atoms with E-state index >= 15 is 0 Å². The molecule has 14 heteroatoms. The number of methoxy groups -OCH3 is 1. The molecule has 0 saturated carbocycles. The number of aromatic nitrogens is 1. The largest absolute Gasteiger partial charge is 0.493 e. The Morgan fingerprint density at radius 2 is 1.68 bits per heavy atom. The normalized spacial score (nSPS) is 12.0. The summed E-state index contributed by atoms with van der Waals surface area (Å²) in [5, 5.41) is 10.4. The summed E-state index contributed by atoms with van der Waals surface area (Å²) in [4.78, 5) is 58.7. The van der Waals surface area contributed by atoms with Crippen molar-refractivity contribution in [2.75, 3.05) is 19.0 Å². The number of nitrogens with one attached hydrogen (secondary N) is 3. The van der Waals surface area contributed by atoms with Gasteiger partial charge in [-0.2, -0.15) is 0 Å². The Morgan fingerprint density at radius 3 is 2.39 bits per heavy atom. The van der Waals surface area contributed by atoms with Crippen LogP contribution in [0, 0.1) is 19.7 Å². The second kappa shape index (κ2) is 16.5. The highest BCUT2D eigenvalue weighted by Gasteiger charge is 2.28. The second-order valence-corrected chi connectivity index (χ2v) is 15.5. The van der Waals surface area contributed by atoms with E-state index in [0.29, 0.717) is 30.0 Å². The zero-order valence-corrected chi connectivity index (χ0v) is 33.2. The highest BCUT2D eigenvalue weighted by atomic mass is 35.5. The van der Waals surface area contributed by atoms with Gasteiger partial charge in [-0.15, -0.1) is 11.3 Å². The Kier molecular flexibility index (Phi) is 11.8. The summed E-state index contributed by atoms with van der Waals surface area (Å²) in [5.41, 5.74) is 4.61. The summed E-state index contributed by atoms with van der Waals surface area (Å²) >= 11 is 7.43. The smallest absolute Gasteiger partial charge is 0.407 e. The van der Waals surface area contributed by atoms with E-state index in [0.717, 1.165) is 32.7 Å². The summed E-state index contributed by atoms with van der Waals surface area (Å²) in [5.74, 6) is -2.15. The molecule has 2 aromatic heterocycles. The van der Waals surface area contributed by atoms with Crippen molar-refractivity contribution in [3.8, 4) is 27.3 Å². The molecule has 3 N–H and O–H groups in total. The molecule has 0 radical (unpaired) electrons. The van der Waals surface area contributed by atoms with Crippen LogP contribution in [-0.4, -0.2) is 48.2 Å². The SMILES string of the molecule is COC(=O)c1nc(C(=O)NCc2cccc(Cl)c2F)ccc1-c1cc2c(cc1C(=O)Nc1c(C)cc(CNC(=O)OC(C)(C)C)cc1C)-c1sccc1CCO2. The number of ether oxygens (including phenoxy) is 3. The fourth-order valence-corrected chi connectivity index (χ4v) is 7.53. The molecular formula is C42H40ClFN4O7S. The third kappa shape index (κ3) is 8.85. The molecule has 3 amide bonds. The van der Waals surface area contributed by atoms with Gasteiger partial charge in [0.05, 0.1) is 18.7 Å². The molecule has 3 aromatic carbocycles. The maximum absolute atomic E-state index is 14.5. The van der Waals surface area contributed by atoms with Crippen LogP contribution in [-0.2, 0) is 29.0 Å². The number of hydrogen-bond acceptors (Lipinski definition) is 9. The first-order valence-corrected chi connectivity index (χ1v) is 19.0. The lowest BCUT2D eigenvalue weighted by Crippen LogP contribution is -2.32. The quantitative estimate of drug-likeness (QED) is 0.126. The predicted octanol–water partition coefficient (Wildman–Crippen LogP) is 8.81. The molecule has 11 nitrogen and oxygen atoms in total. The molecule has 5 aromatic rings. The topological polar surface area (TPSA) is 145 Å². The minimum Gasteiger partial charge on any atom is -0.493 e. The lowest BCUT2D eigenvalue weighted by molar-refractivity contribution is 0.0522. The standard InChI is InChI=1S/C42H40ClFN4O7S/c1-22-16-24(20-46-41(52)55-42(3,4)5)17-23(2)35(22)48-38(49)29-18-30-33(54-14-12-25-13-15-56-37(25)30)19-28(29)27-10-11-32(47-36(27)40(51)53-6)39(50)45-21-26-8-7-9-31(43)34(26)44/h7-11,13,15-19H,12,14,20-21H2,1-6H3,(H,45,50)(H,46,52)(H,48,49). The van der Waals surface area contributed by atoms with Crippen LogP contribution in [0.5, 0.6) is 5.75 Å². The van der Waals surface area contributed by atoms with E-state index in [4.69, 9.17) is 25.8 Å². The van der Waals surface area contributed by atoms with E-state index in [1.54, 1.807) is 39.0 Å². The fourth-order valence-electron chi connectivity index (χ4n) is 6.36. The van der Waals surface area contributed by atoms with Crippen LogP contribution in [0.15, 0.2) is 66.0 Å². The monoisotopic (exact) mass is 798 g/mol. The van der Waals surface area contributed by atoms with Crippen molar-refractivity contribution in [3.63, 3.8) is 0 Å². The third-order valence-electron chi connectivity index (χ3n) is 8.92. The third-order valence-corrected chi connectivity index (χ3v) is 10.2. The Morgan fingerprint density at radius 1 is 0.929 bits per heavy atom. The average Bonchev–Trinajstić information content (AvgIpc) is 3.55. The van der Waals surface area contributed by atoms with Crippen LogP contribution < -0.4 is 20.7 Å². The molecule has 0 aliphatic carbocycles. The molecule has 1 aliphatic rings. The summed E-state index contributed by atoms with van der Waals surface area (Å²) in [6.45, 7) is 9.50. The second-order valence-electron chi connectivity index (χ2n) is 14.2. The maximum atomic E-state index is 14.5. The number of benzene rings is 3. The van der Waals surface area contributed by atoms with Crippen LogP contribution in [0.2, 0.25) is 5.02 Å². The molecule has 56 heavy (non-hydrogen) atoms. The van der Waals surface area contributed by atoms with Gasteiger partial charge in [-0.1, -0.05) is 35.9 Å². The van der Waals surface area contributed by atoms with E-state index in [1.165, 1.54) is 42.7 Å². The van der Waals surface area contributed by atoms with Crippen molar-refractivity contribution in [2.45, 2.75) is 59.7 Å². The van der Waals surface area contributed by atoms with Crippen molar-refractivity contribution in [1.82, 2.24) is 15.6 Å². The minimum atomic E-state index is -0.847. The number of esters is 1. The first-order chi connectivity index (χ1) is 26.6. The first-order valence-electron chi connectivity index (χ1n) is 17.7. The summed E-state index contributed by atoms with van der Waals surface area (Å²) in [6, 6.07) is 16.6. The highest BCUT2D eigenvalue weighted by Crippen LogP contribution is 2.43. The van der Waals surface area contributed by atoms with Gasteiger partial charge in [-0.25, -0.2) is 19.0 Å². The molecule has 0 atom stereocenters. The van der Waals surface area contributed by atoms with Crippen LogP contribution in [0.25, 0.3) is 21.6 Å². The zero-order valence-electron chi connectivity index (χ0n) is 31.6. The van der Waals surface area contributed by atoms with Crippen LogP contribution in [0.4, 0.5) is 14.9 Å². The number of halogens is 2. The molecule has 290 valence electrons. The maximum Gasteiger partial charge on any atom is 0.407 e. The first kappa shape index (κ1) is 39.9. The number of pyridine rings is 1. The van der Waals surface area contributed by atoms with E-state index < -0.39 is 35.3 Å². The Balaban J connectivity index is 1.37. The predicted molar refractivity (Wildman–Crippen MR) is 213 cm³/mol. The van der Waals surface area contributed by atoms with E-state index in [-0.39, 0.29) is 46.2 Å². The van der Waals surface area contributed by atoms with Gasteiger partial charge in [0.25, 0.3) is 11.8 Å². The Hall–Kier alpha value is -5.79. The number of thiophene rings is 1. The van der Waals surface area contributed by atoms with Crippen LogP contribution >= 0.6 is 22.9 Å². The van der Waals surface area contributed by atoms with Gasteiger partial charge in [-0.3, -0.25) is 9.59 Å². The Labute approximate surface area is 332 Å². The molecule has 0 bridgehead atoms. The highest BCUT2D eigenvalue weighted by molar-refractivity contribution is 7.13. The number of hydrogen-bond donors (Lipinski definition) is 3. The molecular weight excluding hydrogens is 759 g/mol. The van der Waals surface area contributed by atoms with Gasteiger partial charge in [0.1, 0.15) is 22.9 Å². The number of carbonyl (C=O) groups excluding carboxylic acids is 4. The molecule has 0 fully saturated rings. The summed E-state index contributed by atoms with van der Waals surface area (Å²) < 4.78 is 31.2. The van der Waals surface area contributed by atoms with Gasteiger partial charge < -0.3 is 30.2 Å². The van der Waals surface area contributed by atoms with E-state index in [1.807, 2.05) is 37.4 Å². The molecule has 0 spiro atoms. The van der Waals surface area contributed by atoms with Crippen molar-refractivity contribution >= 4 is 52.5 Å². The number of amides is 3. The number of nitrogens with zero attached hydrogens (tertiary/aromatic N) is 1. The number of carbonyl (C=O) groups is 4. The van der Waals surface area contributed by atoms with Crippen molar-refractivity contribution in [3.05, 3.63) is 122 Å². The molecule has 1 aliphatic heterocycles. The molecule has 3 heterocycles. The Bertz CT molecular complexity index is 2350. The van der Waals surface area contributed by atoms with Crippen LogP contribution in [0.1, 0.15) is 79.9 Å². The van der Waals surface area contributed by atoms with Gasteiger partial charge in [0, 0.05) is 57.9 Å². The minimum absolute atomic E-state index is 0.0815. The van der Waals surface area contributed by atoms with Crippen molar-refractivity contribution < 1.29 is 37.8 Å². The number of alkyl carbamates (subject to hydrolysis) is 1. The molecule has 6 rings (SSSR count). The van der Waals surface area contributed by atoms with Gasteiger partial charge in [0.15, 0.2) is 5.69 Å². The number of aryl methyl sites for hydroxylation is 2. The van der Waals surface area contributed by atoms with E-state index in [9.17, 15) is 23.6 Å². The van der Waals surface area contributed by atoms with Gasteiger partial charge in [-0.05, 0) is 98.7 Å². The number of fused-ring (bicyclic) bond motifs is 3. The van der Waals surface area contributed by atoms with Crippen molar-refractivity contribution in [1.29, 1.82) is 0 Å². The van der Waals surface area contributed by atoms with Gasteiger partial charge in [0.2, 0.25) is 0 Å². The summed E-state index contributed by atoms with van der Waals surface area (Å²) in [6.07, 6.45) is 0.122. The number of rotatable bonds is 9. The zero-order chi connectivity index (χ0) is 40.3. The molecule has 0 unspecified atom stereocenters. The van der Waals surface area contributed by atoms with E-state index in [2.05, 4.69) is 20.9 Å². The number of anilines is 1. The average molecular weight is 799 g/mol. The lowest BCUT2D eigenvalue weighted by Gasteiger charge is -2.20. The van der Waals surface area contributed by atoms with Gasteiger partial charge >= 0.3 is 12.1 Å².